The molecule has 1 amide bonds. The Kier molecular flexibility index (Phi) is 8.99. The first kappa shape index (κ1) is 28.8. The Hall–Kier alpha value is -3.76. The van der Waals surface area contributed by atoms with Gasteiger partial charge in [-0.2, -0.15) is 0 Å². The highest BCUT2D eigenvalue weighted by molar-refractivity contribution is 5.87. The molecular weight excluding hydrogens is 526 g/mol. The molecule has 1 aromatic heterocycles. The Morgan fingerprint density at radius 1 is 1.07 bits per heavy atom. The monoisotopic (exact) mass is 565 g/mol. The molecule has 0 unspecified atom stereocenters. The number of aromatic hydroxyl groups is 1. The van der Waals surface area contributed by atoms with Crippen LogP contribution in [-0.2, 0) is 16.1 Å². The van der Waals surface area contributed by atoms with Gasteiger partial charge in [-0.15, -0.1) is 0 Å². The van der Waals surface area contributed by atoms with Gasteiger partial charge in [-0.1, -0.05) is 37.6 Å². The number of aromatic nitrogens is 1. The fraction of sp³-hybridized carbons (Fsp3) is 0.484. The maximum Gasteiger partial charge on any atom is 0.308 e. The number of fused-ring (bicyclic) bond motifs is 2. The van der Waals surface area contributed by atoms with Crippen molar-refractivity contribution < 1.29 is 34.4 Å². The first-order valence-corrected chi connectivity index (χ1v) is 14.4. The summed E-state index contributed by atoms with van der Waals surface area (Å²) in [7, 11) is 0. The Morgan fingerprint density at radius 3 is 2.61 bits per heavy atom. The number of unbranched alkanes of at least 4 members (excludes halogenated alkanes) is 1. The first-order chi connectivity index (χ1) is 19.9. The van der Waals surface area contributed by atoms with Crippen molar-refractivity contribution in [3.05, 3.63) is 54.2 Å². The zero-order valence-electron chi connectivity index (χ0n) is 23.4. The highest BCUT2D eigenvalue weighted by Crippen LogP contribution is 2.43. The number of carbonyl (C=O) groups is 2. The second-order valence-electron chi connectivity index (χ2n) is 10.9. The largest absolute Gasteiger partial charge is 0.494 e. The maximum atomic E-state index is 13.5. The number of ether oxygens (including phenoxy) is 2. The van der Waals surface area contributed by atoms with Gasteiger partial charge in [0, 0.05) is 61.7 Å². The van der Waals surface area contributed by atoms with Crippen molar-refractivity contribution in [1.82, 2.24) is 14.4 Å². The second kappa shape index (κ2) is 12.8. The normalized spacial score (nSPS) is 20.1. The van der Waals surface area contributed by atoms with Crippen molar-refractivity contribution in [1.29, 1.82) is 0 Å². The van der Waals surface area contributed by atoms with Crippen molar-refractivity contribution in [3.63, 3.8) is 0 Å². The lowest BCUT2D eigenvalue weighted by Gasteiger charge is -2.30. The number of aliphatic carboxylic acids is 1. The number of nitrogens with zero attached hydrogens (tertiary/aromatic N) is 3. The van der Waals surface area contributed by atoms with Crippen LogP contribution in [0.15, 0.2) is 48.7 Å². The molecule has 2 aliphatic rings. The molecule has 2 aliphatic heterocycles. The van der Waals surface area contributed by atoms with Crippen molar-refractivity contribution in [2.45, 2.75) is 51.1 Å². The molecule has 3 N–H and O–H groups in total. The molecule has 2 aromatic carbocycles. The molecule has 3 aromatic rings. The van der Waals surface area contributed by atoms with Gasteiger partial charge in [-0.3, -0.25) is 14.5 Å². The van der Waals surface area contributed by atoms with Crippen LogP contribution in [0.5, 0.6) is 17.4 Å². The number of hydrogen-bond acceptors (Lipinski definition) is 7. The third kappa shape index (κ3) is 6.13. The molecule has 0 spiro atoms. The Balaban J connectivity index is 1.43. The first-order valence-electron chi connectivity index (χ1n) is 14.4. The standard InChI is InChI=1S/C31H39N3O7/c1-2-3-12-32(13-6-15-35)28(36)19-34-18-24(21-9-10-26-27(16-21)41-20-40-26)29(31(38)39)25(34)11-14-33-17-22-7-4-5-8-23(22)30(33)37/h4-5,7-10,16-17,24-25,29,35,37H,2-3,6,11-15,18-20H2,1H3,(H,38,39)/t24-,25+,29-/m1/s1. The zero-order chi connectivity index (χ0) is 28.9. The number of carboxylic acids is 1. The molecular formula is C31H39N3O7. The maximum absolute atomic E-state index is 13.5. The van der Waals surface area contributed by atoms with E-state index in [1.54, 1.807) is 9.47 Å². The van der Waals surface area contributed by atoms with E-state index in [2.05, 4.69) is 6.92 Å². The quantitative estimate of drug-likeness (QED) is 0.287. The zero-order valence-corrected chi connectivity index (χ0v) is 23.4. The minimum atomic E-state index is -0.919. The minimum absolute atomic E-state index is 0.00420. The van der Waals surface area contributed by atoms with E-state index in [4.69, 9.17) is 9.47 Å². The molecule has 0 saturated carbocycles. The summed E-state index contributed by atoms with van der Waals surface area (Å²) in [5.41, 5.74) is 0.833. The van der Waals surface area contributed by atoms with Crippen LogP contribution in [0.25, 0.3) is 10.8 Å². The number of aryl methyl sites for hydroxylation is 1. The number of aliphatic hydroxyl groups excluding tert-OH is 1. The molecule has 1 saturated heterocycles. The number of benzene rings is 2. The van der Waals surface area contributed by atoms with Crippen LogP contribution in [0.4, 0.5) is 0 Å². The van der Waals surface area contributed by atoms with Crippen molar-refractivity contribution >= 4 is 22.6 Å². The van der Waals surface area contributed by atoms with Gasteiger partial charge >= 0.3 is 5.97 Å². The van der Waals surface area contributed by atoms with Gasteiger partial charge in [0.2, 0.25) is 12.7 Å². The fourth-order valence-corrected chi connectivity index (χ4v) is 6.22. The van der Waals surface area contributed by atoms with Crippen LogP contribution in [-0.4, -0.2) is 87.2 Å². The van der Waals surface area contributed by atoms with Gasteiger partial charge in [0.15, 0.2) is 17.4 Å². The average Bonchev–Trinajstić information content (AvgIpc) is 3.67. The second-order valence-corrected chi connectivity index (χ2v) is 10.9. The summed E-state index contributed by atoms with van der Waals surface area (Å²) in [6.07, 6.45) is 4.61. The smallest absolute Gasteiger partial charge is 0.308 e. The van der Waals surface area contributed by atoms with E-state index in [-0.39, 0.29) is 37.6 Å². The highest BCUT2D eigenvalue weighted by Gasteiger charge is 2.47. The molecule has 41 heavy (non-hydrogen) atoms. The summed E-state index contributed by atoms with van der Waals surface area (Å²) < 4.78 is 12.8. The van der Waals surface area contributed by atoms with Gasteiger partial charge in [0.05, 0.1) is 12.5 Å². The summed E-state index contributed by atoms with van der Waals surface area (Å²) in [5.74, 6) is -0.741. The van der Waals surface area contributed by atoms with Crippen LogP contribution in [0.1, 0.15) is 44.1 Å². The van der Waals surface area contributed by atoms with Crippen LogP contribution in [0.3, 0.4) is 0 Å². The summed E-state index contributed by atoms with van der Waals surface area (Å²) in [6.45, 7) is 4.15. The van der Waals surface area contributed by atoms with Crippen LogP contribution < -0.4 is 9.47 Å². The Morgan fingerprint density at radius 2 is 1.85 bits per heavy atom. The summed E-state index contributed by atoms with van der Waals surface area (Å²) >= 11 is 0. The number of rotatable bonds is 13. The fourth-order valence-electron chi connectivity index (χ4n) is 6.22. The number of hydrogen-bond donors (Lipinski definition) is 3. The van der Waals surface area contributed by atoms with E-state index in [1.807, 2.05) is 53.6 Å². The van der Waals surface area contributed by atoms with E-state index >= 15 is 0 Å². The molecule has 220 valence electrons. The number of amides is 1. The molecule has 10 heteroatoms. The van der Waals surface area contributed by atoms with Crippen molar-refractivity contribution in [2.75, 3.05) is 39.6 Å². The van der Waals surface area contributed by atoms with Crippen LogP contribution in [0.2, 0.25) is 0 Å². The van der Waals surface area contributed by atoms with Crippen LogP contribution >= 0.6 is 0 Å². The third-order valence-electron chi connectivity index (χ3n) is 8.35. The molecule has 0 radical (unpaired) electrons. The lowest BCUT2D eigenvalue weighted by Crippen LogP contribution is -2.45. The van der Waals surface area contributed by atoms with E-state index in [1.165, 1.54) is 0 Å². The molecule has 1 fully saturated rings. The van der Waals surface area contributed by atoms with E-state index in [0.29, 0.717) is 50.5 Å². The SMILES string of the molecule is CCCCN(CCCO)C(=O)CN1C[C@H](c2ccc3c(c2)OCO3)[C@@H](C(=O)O)[C@@H]1CCn1cc2ccccc2c1O. The van der Waals surface area contributed by atoms with Crippen molar-refractivity contribution in [2.24, 2.45) is 5.92 Å². The molecule has 3 heterocycles. The van der Waals surface area contributed by atoms with Gasteiger partial charge in [-0.05, 0) is 43.0 Å². The molecule has 0 bridgehead atoms. The molecule has 3 atom stereocenters. The minimum Gasteiger partial charge on any atom is -0.494 e. The lowest BCUT2D eigenvalue weighted by atomic mass is 9.84. The number of carbonyl (C=O) groups excluding carboxylic acids is 1. The summed E-state index contributed by atoms with van der Waals surface area (Å²) in [4.78, 5) is 30.2. The lowest BCUT2D eigenvalue weighted by molar-refractivity contribution is -0.144. The topological polar surface area (TPSA) is 125 Å². The predicted molar refractivity (Wildman–Crippen MR) is 153 cm³/mol. The molecule has 5 rings (SSSR count). The third-order valence-corrected chi connectivity index (χ3v) is 8.35. The number of carboxylic acid groups (broad SMARTS) is 1. The van der Waals surface area contributed by atoms with E-state index in [0.717, 1.165) is 29.2 Å². The highest BCUT2D eigenvalue weighted by atomic mass is 16.7. The van der Waals surface area contributed by atoms with E-state index < -0.39 is 17.9 Å². The number of aliphatic hydroxyl groups is 1. The molecule has 0 aliphatic carbocycles. The van der Waals surface area contributed by atoms with Crippen LogP contribution in [0, 0.1) is 5.92 Å². The summed E-state index contributed by atoms with van der Waals surface area (Å²) in [5, 5.41) is 32.4. The van der Waals surface area contributed by atoms with Gasteiger partial charge < -0.3 is 34.3 Å². The van der Waals surface area contributed by atoms with Gasteiger partial charge in [-0.25, -0.2) is 0 Å². The summed E-state index contributed by atoms with van der Waals surface area (Å²) in [6, 6.07) is 12.7. The van der Waals surface area contributed by atoms with Gasteiger partial charge in [0.1, 0.15) is 0 Å². The predicted octanol–water partition coefficient (Wildman–Crippen LogP) is 3.65. The van der Waals surface area contributed by atoms with Crippen molar-refractivity contribution in [3.8, 4) is 17.4 Å². The van der Waals surface area contributed by atoms with E-state index in [9.17, 15) is 24.9 Å². The average molecular weight is 566 g/mol. The Labute approximate surface area is 239 Å². The number of likely N-dealkylation sites (tertiary alicyclic amines) is 1. The van der Waals surface area contributed by atoms with Gasteiger partial charge in [0.25, 0.3) is 0 Å². The Bertz CT molecular complexity index is 1360. The molecule has 10 nitrogen and oxygen atoms in total.